The molecule has 1 aromatic carbocycles. The van der Waals surface area contributed by atoms with E-state index in [9.17, 15) is 4.79 Å². The molecule has 4 rings (SSSR count). The molecule has 1 atom stereocenters. The Labute approximate surface area is 173 Å². The molecule has 0 bridgehead atoms. The van der Waals surface area contributed by atoms with Crippen molar-refractivity contribution in [3.63, 3.8) is 0 Å². The summed E-state index contributed by atoms with van der Waals surface area (Å²) in [5.41, 5.74) is 1.81. The van der Waals surface area contributed by atoms with Crippen molar-refractivity contribution >= 4 is 28.6 Å². The Morgan fingerprint density at radius 3 is 3.04 bits per heavy atom. The lowest BCUT2D eigenvalue weighted by Gasteiger charge is -2.31. The molecule has 0 radical (unpaired) electrons. The van der Waals surface area contributed by atoms with Gasteiger partial charge in [0.25, 0.3) is 0 Å². The number of amides is 1. The van der Waals surface area contributed by atoms with Crippen LogP contribution in [0.25, 0.3) is 10.6 Å². The van der Waals surface area contributed by atoms with Crippen molar-refractivity contribution in [2.24, 2.45) is 0 Å². The van der Waals surface area contributed by atoms with Crippen LogP contribution in [0.5, 0.6) is 5.75 Å². The van der Waals surface area contributed by atoms with Gasteiger partial charge in [-0.05, 0) is 31.9 Å². The van der Waals surface area contributed by atoms with Crippen LogP contribution in [0.3, 0.4) is 0 Å². The van der Waals surface area contributed by atoms with E-state index in [1.54, 1.807) is 22.7 Å². The molecule has 1 saturated heterocycles. The molecule has 1 amide bonds. The zero-order valence-electron chi connectivity index (χ0n) is 15.8. The molecular weight excluding hydrogens is 390 g/mol. The van der Waals surface area contributed by atoms with Crippen LogP contribution in [0, 0.1) is 0 Å². The van der Waals surface area contributed by atoms with Gasteiger partial charge < -0.3 is 9.64 Å². The smallest absolute Gasteiger partial charge is 0.228 e. The van der Waals surface area contributed by atoms with E-state index in [1.165, 1.54) is 0 Å². The summed E-state index contributed by atoms with van der Waals surface area (Å²) in [5, 5.41) is 6.03. The lowest BCUT2D eigenvalue weighted by molar-refractivity contribution is -0.131. The molecule has 0 N–H and O–H groups in total. The topological polar surface area (TPSA) is 55.3 Å². The number of carbonyl (C=O) groups is 1. The number of hydrogen-bond donors (Lipinski definition) is 0. The first-order valence-electron chi connectivity index (χ1n) is 9.58. The molecular formula is C21H23N3O2S2. The summed E-state index contributed by atoms with van der Waals surface area (Å²) in [4.78, 5) is 24.0. The Hall–Kier alpha value is -2.25. The van der Waals surface area contributed by atoms with Crippen LogP contribution in [-0.4, -0.2) is 40.5 Å². The Morgan fingerprint density at radius 1 is 1.32 bits per heavy atom. The van der Waals surface area contributed by atoms with Crippen molar-refractivity contribution in [1.82, 2.24) is 14.9 Å². The van der Waals surface area contributed by atoms with E-state index in [1.807, 2.05) is 53.0 Å². The Bertz CT molecular complexity index is 923. The number of hydrogen-bond acceptors (Lipinski definition) is 6. The molecule has 2 aromatic heterocycles. The van der Waals surface area contributed by atoms with E-state index in [4.69, 9.17) is 9.72 Å². The van der Waals surface area contributed by atoms with E-state index < -0.39 is 0 Å². The molecule has 0 saturated carbocycles. The van der Waals surface area contributed by atoms with Crippen molar-refractivity contribution in [1.29, 1.82) is 0 Å². The first-order chi connectivity index (χ1) is 13.7. The van der Waals surface area contributed by atoms with Gasteiger partial charge in [0.1, 0.15) is 10.8 Å². The van der Waals surface area contributed by atoms with Crippen LogP contribution in [0.4, 0.5) is 0 Å². The number of ether oxygens (including phenoxy) is 1. The number of thiazole rings is 2. The van der Waals surface area contributed by atoms with E-state index >= 15 is 0 Å². The van der Waals surface area contributed by atoms with Gasteiger partial charge in [-0.2, -0.15) is 0 Å². The predicted molar refractivity (Wildman–Crippen MR) is 113 cm³/mol. The summed E-state index contributed by atoms with van der Waals surface area (Å²) in [6.07, 6.45) is 4.32. The van der Waals surface area contributed by atoms with Crippen molar-refractivity contribution in [3.8, 4) is 16.3 Å². The maximum Gasteiger partial charge on any atom is 0.228 e. The summed E-state index contributed by atoms with van der Waals surface area (Å²) in [5.74, 6) is 1.34. The minimum Gasteiger partial charge on any atom is -0.493 e. The Balaban J connectivity index is 1.43. The average molecular weight is 414 g/mol. The standard InChI is InChI=1S/C21H23N3O2S2/c1-2-26-18-8-4-3-7-17(18)21-23-16(14-28-21)12-19(25)24-10-5-6-15(13-24)20-22-9-11-27-20/h3-4,7-9,11,14-15H,2,5-6,10,12-13H2,1H3. The molecule has 0 aliphatic carbocycles. The third-order valence-corrected chi connectivity index (χ3v) is 6.74. The fourth-order valence-electron chi connectivity index (χ4n) is 3.54. The number of likely N-dealkylation sites (tertiary alicyclic amines) is 1. The summed E-state index contributed by atoms with van der Waals surface area (Å²) >= 11 is 3.24. The summed E-state index contributed by atoms with van der Waals surface area (Å²) in [7, 11) is 0. The highest BCUT2D eigenvalue weighted by atomic mass is 32.1. The first kappa shape index (κ1) is 19.1. The maximum absolute atomic E-state index is 12.8. The van der Waals surface area contributed by atoms with Crippen molar-refractivity contribution < 1.29 is 9.53 Å². The number of benzene rings is 1. The molecule has 5 nitrogen and oxygen atoms in total. The molecule has 1 fully saturated rings. The van der Waals surface area contributed by atoms with Gasteiger partial charge in [0, 0.05) is 36.0 Å². The van der Waals surface area contributed by atoms with Crippen LogP contribution in [0.15, 0.2) is 41.2 Å². The second kappa shape index (κ2) is 8.84. The highest BCUT2D eigenvalue weighted by molar-refractivity contribution is 7.13. The van der Waals surface area contributed by atoms with Gasteiger partial charge in [-0.1, -0.05) is 12.1 Å². The second-order valence-electron chi connectivity index (χ2n) is 6.80. The van der Waals surface area contributed by atoms with Gasteiger partial charge in [-0.15, -0.1) is 22.7 Å². The van der Waals surface area contributed by atoms with Crippen LogP contribution in [0.1, 0.15) is 36.4 Å². The lowest BCUT2D eigenvalue weighted by Crippen LogP contribution is -2.40. The third-order valence-electron chi connectivity index (χ3n) is 4.88. The lowest BCUT2D eigenvalue weighted by atomic mass is 9.98. The highest BCUT2D eigenvalue weighted by Gasteiger charge is 2.26. The molecule has 1 aliphatic heterocycles. The normalized spacial score (nSPS) is 16.9. The summed E-state index contributed by atoms with van der Waals surface area (Å²) in [6.45, 7) is 4.17. The van der Waals surface area contributed by atoms with Crippen molar-refractivity contribution in [2.45, 2.75) is 32.1 Å². The van der Waals surface area contributed by atoms with Crippen molar-refractivity contribution in [3.05, 3.63) is 51.9 Å². The fraction of sp³-hybridized carbons (Fsp3) is 0.381. The number of rotatable bonds is 6. The summed E-state index contributed by atoms with van der Waals surface area (Å²) in [6, 6.07) is 7.91. The Kier molecular flexibility index (Phi) is 6.02. The molecule has 1 unspecified atom stereocenters. The van der Waals surface area contributed by atoms with E-state index in [2.05, 4.69) is 4.98 Å². The number of carbonyl (C=O) groups excluding carboxylic acids is 1. The number of nitrogens with zero attached hydrogens (tertiary/aromatic N) is 3. The first-order valence-corrected chi connectivity index (χ1v) is 11.3. The van der Waals surface area contributed by atoms with Gasteiger partial charge in [-0.25, -0.2) is 9.97 Å². The van der Waals surface area contributed by atoms with Crippen LogP contribution in [-0.2, 0) is 11.2 Å². The zero-order valence-corrected chi connectivity index (χ0v) is 17.5. The largest absolute Gasteiger partial charge is 0.493 e. The fourth-order valence-corrected chi connectivity index (χ4v) is 5.16. The van der Waals surface area contributed by atoms with Crippen LogP contribution in [0.2, 0.25) is 0 Å². The highest BCUT2D eigenvalue weighted by Crippen LogP contribution is 2.33. The van der Waals surface area contributed by atoms with Crippen LogP contribution >= 0.6 is 22.7 Å². The predicted octanol–water partition coefficient (Wildman–Crippen LogP) is 4.61. The number of para-hydroxylation sites is 1. The monoisotopic (exact) mass is 413 g/mol. The minimum atomic E-state index is 0.149. The van der Waals surface area contributed by atoms with Gasteiger partial charge in [0.15, 0.2) is 0 Å². The van der Waals surface area contributed by atoms with E-state index in [0.29, 0.717) is 18.9 Å². The molecule has 3 aromatic rings. The molecule has 28 heavy (non-hydrogen) atoms. The minimum absolute atomic E-state index is 0.149. The maximum atomic E-state index is 12.8. The average Bonchev–Trinajstić information content (AvgIpc) is 3.41. The number of aromatic nitrogens is 2. The Morgan fingerprint density at radius 2 is 2.21 bits per heavy atom. The van der Waals surface area contributed by atoms with Crippen LogP contribution < -0.4 is 4.74 Å². The second-order valence-corrected chi connectivity index (χ2v) is 8.58. The molecule has 146 valence electrons. The third kappa shape index (κ3) is 4.25. The molecule has 3 heterocycles. The van der Waals surface area contributed by atoms with Crippen molar-refractivity contribution in [2.75, 3.05) is 19.7 Å². The van der Waals surface area contributed by atoms with Gasteiger partial charge in [-0.3, -0.25) is 4.79 Å². The number of piperidine rings is 1. The van der Waals surface area contributed by atoms with E-state index in [-0.39, 0.29) is 5.91 Å². The molecule has 0 spiro atoms. The van der Waals surface area contributed by atoms with Gasteiger partial charge >= 0.3 is 0 Å². The molecule has 7 heteroatoms. The van der Waals surface area contributed by atoms with Gasteiger partial charge in [0.2, 0.25) is 5.91 Å². The zero-order chi connectivity index (χ0) is 19.3. The van der Waals surface area contributed by atoms with E-state index in [0.717, 1.165) is 53.0 Å². The van der Waals surface area contributed by atoms with Gasteiger partial charge in [0.05, 0.1) is 29.3 Å². The summed E-state index contributed by atoms with van der Waals surface area (Å²) < 4.78 is 5.71. The quantitative estimate of drug-likeness (QED) is 0.592. The molecule has 1 aliphatic rings. The SMILES string of the molecule is CCOc1ccccc1-c1nc(CC(=O)N2CCCC(c3nccs3)C2)cs1.